The molecule has 0 N–H and O–H groups in total. The number of halogens is 5. The van der Waals surface area contributed by atoms with E-state index >= 15 is 0 Å². The van der Waals surface area contributed by atoms with E-state index in [0.717, 1.165) is 10.8 Å². The minimum absolute atomic E-state index is 0.0134. The van der Waals surface area contributed by atoms with Crippen molar-refractivity contribution in [2.24, 2.45) is 0 Å². The molecule has 9 heteroatoms. The van der Waals surface area contributed by atoms with Crippen molar-refractivity contribution in [1.82, 2.24) is 0 Å². The van der Waals surface area contributed by atoms with Gasteiger partial charge in [0.2, 0.25) is 0 Å². The minimum atomic E-state index is -0.503. The van der Waals surface area contributed by atoms with Crippen molar-refractivity contribution in [2.75, 3.05) is 11.0 Å². The molecule has 4 nitrogen and oxygen atoms in total. The van der Waals surface area contributed by atoms with Crippen LogP contribution in [-0.4, -0.2) is 32.5 Å². The van der Waals surface area contributed by atoms with E-state index in [2.05, 4.69) is 52.1 Å². The third-order valence-corrected chi connectivity index (χ3v) is 6.75. The van der Waals surface area contributed by atoms with E-state index in [1.165, 1.54) is 0 Å². The Hall–Kier alpha value is 3.49. The fourth-order valence-corrected chi connectivity index (χ4v) is 7.77. The van der Waals surface area contributed by atoms with Crippen molar-refractivity contribution >= 4 is 114 Å². The zero-order valence-electron chi connectivity index (χ0n) is 8.80. The van der Waals surface area contributed by atoms with E-state index in [1.54, 1.807) is 0 Å². The van der Waals surface area contributed by atoms with Crippen molar-refractivity contribution in [2.45, 2.75) is 34.8 Å². The first-order chi connectivity index (χ1) is 8.04. The Labute approximate surface area is 171 Å². The highest BCUT2D eigenvalue weighted by atomic mass is 127. The van der Waals surface area contributed by atoms with Gasteiger partial charge in [0.05, 0.1) is 6.10 Å². The normalized spacial score (nSPS) is 42.0. The summed E-state index contributed by atoms with van der Waals surface area (Å²) in [5, 5.41) is 0. The smallest absolute Gasteiger partial charge is 0.173 e. The lowest BCUT2D eigenvalue weighted by Gasteiger charge is -2.34. The molecule has 17 heavy (non-hydrogen) atoms. The van der Waals surface area contributed by atoms with Crippen LogP contribution >= 0.6 is 114 Å². The van der Waals surface area contributed by atoms with Crippen LogP contribution in [0.25, 0.3) is 0 Å². The average Bonchev–Trinajstić information content (AvgIpc) is 2.57. The predicted octanol–water partition coefficient (Wildman–Crippen LogP) is 4.57. The number of hydrogen-bond donors (Lipinski definition) is 0. The first kappa shape index (κ1) is 18.5. The quantitative estimate of drug-likeness (QED) is 0.292. The maximum atomic E-state index is 6.13. The van der Waals surface area contributed by atoms with Crippen molar-refractivity contribution in [1.29, 1.82) is 0 Å². The Morgan fingerprint density at radius 3 is 2.29 bits per heavy atom. The monoisotopic (exact) mass is 806 g/mol. The van der Waals surface area contributed by atoms with Crippen LogP contribution in [0.5, 0.6) is 0 Å². The molecule has 0 amide bonds. The van der Waals surface area contributed by atoms with Crippen LogP contribution in [0.3, 0.4) is 0 Å². The summed E-state index contributed by atoms with van der Waals surface area (Å²) < 4.78 is 23.0. The zero-order chi connectivity index (χ0) is 13.1. The van der Waals surface area contributed by atoms with Crippen LogP contribution in [0.15, 0.2) is 0 Å². The Bertz CT molecular complexity index is 252. The van der Waals surface area contributed by atoms with Crippen molar-refractivity contribution in [3.63, 3.8) is 0 Å². The lowest BCUT2D eigenvalue weighted by molar-refractivity contribution is -0.0203. The van der Waals surface area contributed by atoms with Gasteiger partial charge in [0.1, 0.15) is 87.3 Å². The van der Waals surface area contributed by atoms with Crippen LogP contribution in [0.2, 0.25) is 0 Å². The number of alkyl halides is 2. The molecule has 0 radical (unpaired) electrons. The summed E-state index contributed by atoms with van der Waals surface area (Å²) >= 11 is 10.3. The van der Waals surface area contributed by atoms with Gasteiger partial charge >= 0.3 is 0 Å². The SMILES string of the molecule is CC[C@@H]1O[C@](I)(COI)[C@@H](OI)[C@@]1(CI)OI. The summed E-state index contributed by atoms with van der Waals surface area (Å²) in [5.41, 5.74) is -0.423. The van der Waals surface area contributed by atoms with Crippen molar-refractivity contribution in [3.8, 4) is 0 Å². The predicted molar refractivity (Wildman–Crippen MR) is 108 cm³/mol. The number of hydrogen-bond acceptors (Lipinski definition) is 4. The van der Waals surface area contributed by atoms with Crippen molar-refractivity contribution < 1.29 is 13.9 Å². The summed E-state index contributed by atoms with van der Waals surface area (Å²) in [4.78, 5) is 0. The van der Waals surface area contributed by atoms with Crippen LogP contribution < -0.4 is 0 Å². The number of rotatable bonds is 6. The molecule has 0 aliphatic carbocycles. The summed E-state index contributed by atoms with van der Waals surface area (Å²) in [7, 11) is 0. The van der Waals surface area contributed by atoms with Crippen LogP contribution in [0.1, 0.15) is 13.3 Å². The van der Waals surface area contributed by atoms with E-state index in [4.69, 9.17) is 13.9 Å². The molecule has 1 aliphatic heterocycles. The van der Waals surface area contributed by atoms with E-state index in [9.17, 15) is 0 Å². The standard InChI is InChI=1S/C8H11I5O4/c1-2-5-7(3-9,17-13)6(16-12)8(10,15-5)4-14-11/h5-6H,2-4H2,1H3/t5-,6-,7-,8+/m0/s1. The highest BCUT2D eigenvalue weighted by Gasteiger charge is 2.64. The highest BCUT2D eigenvalue weighted by Crippen LogP contribution is 2.50. The van der Waals surface area contributed by atoms with E-state index in [1.807, 2.05) is 69.0 Å². The van der Waals surface area contributed by atoms with Crippen LogP contribution in [-0.2, 0) is 13.9 Å². The van der Waals surface area contributed by atoms with Crippen molar-refractivity contribution in [3.05, 3.63) is 0 Å². The Morgan fingerprint density at radius 1 is 1.29 bits per heavy atom. The molecule has 1 rings (SSSR count). The average molecular weight is 806 g/mol. The molecule has 1 heterocycles. The second kappa shape index (κ2) is 8.21. The largest absolute Gasteiger partial charge is 0.353 e. The first-order valence-corrected chi connectivity index (χ1v) is 10.0. The third-order valence-electron chi connectivity index (χ3n) is 2.78. The van der Waals surface area contributed by atoms with E-state index in [-0.39, 0.29) is 12.2 Å². The fraction of sp³-hybridized carbons (Fsp3) is 1.00. The molecular formula is C8H11I5O4. The van der Waals surface area contributed by atoms with Gasteiger partial charge in [-0.2, -0.15) is 0 Å². The lowest BCUT2D eigenvalue weighted by Crippen LogP contribution is -2.53. The molecule has 0 spiro atoms. The fourth-order valence-electron chi connectivity index (χ4n) is 1.95. The Balaban J connectivity index is 3.09. The number of ether oxygens (including phenoxy) is 1. The van der Waals surface area contributed by atoms with E-state index < -0.39 is 9.21 Å². The first-order valence-electron chi connectivity index (χ1n) is 4.78. The van der Waals surface area contributed by atoms with Gasteiger partial charge in [-0.1, -0.05) is 29.5 Å². The van der Waals surface area contributed by atoms with Gasteiger partial charge in [0, 0.05) is 4.43 Å². The third kappa shape index (κ3) is 3.64. The Morgan fingerprint density at radius 2 is 1.94 bits per heavy atom. The molecule has 4 atom stereocenters. The molecule has 0 aromatic rings. The molecular weight excluding hydrogens is 795 g/mol. The van der Waals surface area contributed by atoms with Crippen LogP contribution in [0, 0.1) is 0 Å². The topological polar surface area (TPSA) is 36.9 Å². The van der Waals surface area contributed by atoms with Gasteiger partial charge in [-0.05, 0) is 29.0 Å². The summed E-state index contributed by atoms with van der Waals surface area (Å²) in [5.74, 6) is 0. The maximum Gasteiger partial charge on any atom is 0.173 e. The molecule has 1 fully saturated rings. The molecule has 1 saturated heterocycles. The molecule has 102 valence electrons. The lowest BCUT2D eigenvalue weighted by atomic mass is 9.91. The van der Waals surface area contributed by atoms with Gasteiger partial charge in [0.15, 0.2) is 3.61 Å². The zero-order valence-corrected chi connectivity index (χ0v) is 19.6. The molecule has 0 bridgehead atoms. The van der Waals surface area contributed by atoms with Gasteiger partial charge in [-0.15, -0.1) is 0 Å². The van der Waals surface area contributed by atoms with Gasteiger partial charge in [-0.25, -0.2) is 0 Å². The van der Waals surface area contributed by atoms with Gasteiger partial charge < -0.3 is 13.9 Å². The molecule has 0 unspecified atom stereocenters. The van der Waals surface area contributed by atoms with Crippen LogP contribution in [0.4, 0.5) is 0 Å². The molecule has 0 aromatic carbocycles. The second-order valence-corrected chi connectivity index (χ2v) is 7.85. The summed E-state index contributed by atoms with van der Waals surface area (Å²) in [6.45, 7) is 2.57. The molecule has 0 saturated carbocycles. The van der Waals surface area contributed by atoms with E-state index in [0.29, 0.717) is 6.61 Å². The summed E-state index contributed by atoms with van der Waals surface area (Å²) in [6.07, 6.45) is 0.735. The Kier molecular flexibility index (Phi) is 8.95. The second-order valence-electron chi connectivity index (χ2n) is 3.69. The highest BCUT2D eigenvalue weighted by molar-refractivity contribution is 14.1. The minimum Gasteiger partial charge on any atom is -0.353 e. The van der Waals surface area contributed by atoms with Gasteiger partial charge in [-0.3, -0.25) is 0 Å². The van der Waals surface area contributed by atoms with Gasteiger partial charge in [0.25, 0.3) is 0 Å². The molecule has 0 aromatic heterocycles. The summed E-state index contributed by atoms with van der Waals surface area (Å²) in [6, 6.07) is 0. The molecule has 1 aliphatic rings. The maximum absolute atomic E-state index is 6.13.